The van der Waals surface area contributed by atoms with Gasteiger partial charge >= 0.3 is 0 Å². The number of hydrogen-bond acceptors (Lipinski definition) is 2. The van der Waals surface area contributed by atoms with Crippen molar-refractivity contribution in [1.29, 1.82) is 0 Å². The number of nitrogens with one attached hydrogen (secondary N) is 2. The van der Waals surface area contributed by atoms with E-state index in [9.17, 15) is 4.79 Å². The van der Waals surface area contributed by atoms with Gasteiger partial charge < -0.3 is 10.6 Å². The van der Waals surface area contributed by atoms with Crippen LogP contribution in [0, 0.1) is 5.92 Å². The summed E-state index contributed by atoms with van der Waals surface area (Å²) in [7, 11) is 0. The Morgan fingerprint density at radius 1 is 0.773 bits per heavy atom. The third-order valence-electron chi connectivity index (χ3n) is 4.46. The molecule has 3 rings (SSSR count). The molecule has 0 radical (unpaired) electrons. The van der Waals surface area contributed by atoms with E-state index in [2.05, 4.69) is 41.8 Å². The zero-order valence-corrected chi connectivity index (χ0v) is 13.0. The summed E-state index contributed by atoms with van der Waals surface area (Å²) >= 11 is 0. The zero-order valence-electron chi connectivity index (χ0n) is 13.0. The highest BCUT2D eigenvalue weighted by molar-refractivity contribution is 5.80. The molecule has 2 aromatic carbocycles. The van der Waals surface area contributed by atoms with Gasteiger partial charge in [-0.3, -0.25) is 4.79 Å². The molecule has 0 saturated carbocycles. The van der Waals surface area contributed by atoms with E-state index >= 15 is 0 Å². The fraction of sp³-hybridized carbons (Fsp3) is 0.316. The summed E-state index contributed by atoms with van der Waals surface area (Å²) in [5, 5.41) is 6.83. The quantitative estimate of drug-likeness (QED) is 0.893. The van der Waals surface area contributed by atoms with Gasteiger partial charge in [0.05, 0.1) is 12.0 Å². The Labute approximate surface area is 131 Å². The van der Waals surface area contributed by atoms with Crippen LogP contribution < -0.4 is 10.6 Å². The second-order valence-corrected chi connectivity index (χ2v) is 6.03. The van der Waals surface area contributed by atoms with Crippen molar-refractivity contribution in [3.05, 3.63) is 71.8 Å². The van der Waals surface area contributed by atoms with E-state index in [1.165, 1.54) is 5.56 Å². The Hall–Kier alpha value is -2.13. The molecule has 1 fully saturated rings. The molecular weight excluding hydrogens is 272 g/mol. The highest BCUT2D eigenvalue weighted by Gasteiger charge is 2.35. The molecule has 0 bridgehead atoms. The lowest BCUT2D eigenvalue weighted by molar-refractivity contribution is -0.125. The van der Waals surface area contributed by atoms with Gasteiger partial charge in [0.1, 0.15) is 0 Å². The van der Waals surface area contributed by atoms with Gasteiger partial charge in [-0.25, -0.2) is 0 Å². The van der Waals surface area contributed by atoms with Crippen molar-refractivity contribution in [1.82, 2.24) is 10.6 Å². The minimum Gasteiger partial charge on any atom is -0.351 e. The van der Waals surface area contributed by atoms with Gasteiger partial charge in [0.25, 0.3) is 0 Å². The first-order valence-corrected chi connectivity index (χ1v) is 7.83. The summed E-state index contributed by atoms with van der Waals surface area (Å²) < 4.78 is 0. The molecule has 22 heavy (non-hydrogen) atoms. The van der Waals surface area contributed by atoms with Gasteiger partial charge in [-0.2, -0.15) is 0 Å². The molecule has 0 spiro atoms. The largest absolute Gasteiger partial charge is 0.351 e. The second kappa shape index (κ2) is 6.32. The molecule has 1 amide bonds. The molecule has 2 N–H and O–H groups in total. The van der Waals surface area contributed by atoms with Crippen LogP contribution in [0.25, 0.3) is 0 Å². The molecule has 0 aliphatic carbocycles. The van der Waals surface area contributed by atoms with Crippen LogP contribution in [0.2, 0.25) is 0 Å². The molecule has 0 unspecified atom stereocenters. The Morgan fingerprint density at radius 3 is 1.82 bits per heavy atom. The number of benzene rings is 2. The lowest BCUT2D eigenvalue weighted by atomic mass is 9.93. The van der Waals surface area contributed by atoms with Crippen LogP contribution in [0.3, 0.4) is 0 Å². The fourth-order valence-corrected chi connectivity index (χ4v) is 3.16. The Bertz CT molecular complexity index is 626. The van der Waals surface area contributed by atoms with Gasteiger partial charge in [-0.05, 0) is 18.1 Å². The van der Waals surface area contributed by atoms with Crippen molar-refractivity contribution in [2.45, 2.75) is 32.0 Å². The normalized spacial score (nSPS) is 28.7. The average molecular weight is 294 g/mol. The van der Waals surface area contributed by atoms with Gasteiger partial charge in [0, 0.05) is 12.1 Å². The Kier molecular flexibility index (Phi) is 4.25. The van der Waals surface area contributed by atoms with E-state index in [1.54, 1.807) is 0 Å². The van der Waals surface area contributed by atoms with Gasteiger partial charge in [-0.1, -0.05) is 67.6 Å². The van der Waals surface area contributed by atoms with E-state index < -0.39 is 0 Å². The summed E-state index contributed by atoms with van der Waals surface area (Å²) in [6.07, 6.45) is 0. The van der Waals surface area contributed by atoms with Crippen LogP contribution in [0.15, 0.2) is 60.7 Å². The average Bonchev–Trinajstić information content (AvgIpc) is 2.67. The smallest absolute Gasteiger partial charge is 0.225 e. The number of carbonyl (C=O) groups is 1. The van der Waals surface area contributed by atoms with Crippen molar-refractivity contribution in [3.63, 3.8) is 0 Å². The Balaban J connectivity index is 1.97. The molecule has 3 nitrogen and oxygen atoms in total. The maximum Gasteiger partial charge on any atom is 0.225 e. The molecule has 4 atom stereocenters. The minimum absolute atomic E-state index is 0.0105. The van der Waals surface area contributed by atoms with Crippen LogP contribution in [0.5, 0.6) is 0 Å². The van der Waals surface area contributed by atoms with Crippen LogP contribution in [-0.4, -0.2) is 11.9 Å². The molecule has 1 saturated heterocycles. The van der Waals surface area contributed by atoms with Gasteiger partial charge in [-0.15, -0.1) is 0 Å². The first-order chi connectivity index (χ1) is 10.7. The lowest BCUT2D eigenvalue weighted by Crippen LogP contribution is -2.38. The van der Waals surface area contributed by atoms with E-state index in [0.717, 1.165) is 5.56 Å². The Morgan fingerprint density at radius 2 is 1.27 bits per heavy atom. The fourth-order valence-electron chi connectivity index (χ4n) is 3.16. The van der Waals surface area contributed by atoms with E-state index in [4.69, 9.17) is 0 Å². The summed E-state index contributed by atoms with van der Waals surface area (Å²) in [5.41, 5.74) is 2.35. The highest BCUT2D eigenvalue weighted by Crippen LogP contribution is 2.30. The lowest BCUT2D eigenvalue weighted by Gasteiger charge is -2.27. The van der Waals surface area contributed by atoms with Crippen LogP contribution in [-0.2, 0) is 4.79 Å². The van der Waals surface area contributed by atoms with E-state index in [1.807, 2.05) is 43.3 Å². The molecule has 0 aromatic heterocycles. The summed E-state index contributed by atoms with van der Waals surface area (Å²) in [4.78, 5) is 12.4. The summed E-state index contributed by atoms with van der Waals surface area (Å²) in [5.74, 6) is -0.00848. The van der Waals surface area contributed by atoms with Crippen molar-refractivity contribution < 1.29 is 4.79 Å². The molecule has 1 heterocycles. The van der Waals surface area contributed by atoms with Gasteiger partial charge in [0.2, 0.25) is 5.91 Å². The molecule has 1 aliphatic rings. The zero-order chi connectivity index (χ0) is 15.5. The van der Waals surface area contributed by atoms with Crippen molar-refractivity contribution >= 4 is 5.91 Å². The van der Waals surface area contributed by atoms with Crippen LogP contribution in [0.1, 0.15) is 37.1 Å². The monoisotopic (exact) mass is 294 g/mol. The predicted molar refractivity (Wildman–Crippen MR) is 88.3 cm³/mol. The van der Waals surface area contributed by atoms with Crippen LogP contribution >= 0.6 is 0 Å². The number of carbonyl (C=O) groups excluding carboxylic acids is 1. The number of amides is 1. The highest BCUT2D eigenvalue weighted by atomic mass is 16.2. The maximum atomic E-state index is 12.4. The summed E-state index contributed by atoms with van der Waals surface area (Å²) in [6, 6.07) is 20.7. The summed E-state index contributed by atoms with van der Waals surface area (Å²) in [6.45, 7) is 4.04. The van der Waals surface area contributed by atoms with Gasteiger partial charge in [0.15, 0.2) is 0 Å². The molecule has 3 heteroatoms. The van der Waals surface area contributed by atoms with E-state index in [-0.39, 0.29) is 30.0 Å². The van der Waals surface area contributed by atoms with Crippen molar-refractivity contribution in [3.8, 4) is 0 Å². The molecule has 1 aliphatic heterocycles. The number of hydrogen-bond donors (Lipinski definition) is 2. The topological polar surface area (TPSA) is 41.1 Å². The predicted octanol–water partition coefficient (Wildman–Crippen LogP) is 3.21. The van der Waals surface area contributed by atoms with Crippen molar-refractivity contribution in [2.24, 2.45) is 5.92 Å². The standard InChI is InChI=1S/C19H22N2O/c1-13-17(15-9-5-3-6-10-15)21-18(14(2)20-19(13)22)16-11-7-4-8-12-16/h3-14,17-18,21H,1-2H3,(H,20,22)/t13-,14+,17+,18-/m0/s1. The first-order valence-electron chi connectivity index (χ1n) is 7.83. The van der Waals surface area contributed by atoms with Crippen LogP contribution in [0.4, 0.5) is 0 Å². The number of rotatable bonds is 2. The molecule has 2 aromatic rings. The first kappa shape index (κ1) is 14.8. The SMILES string of the molecule is C[C@@H]1C(=O)N[C@H](C)[C@@H](c2ccccc2)N[C@H]1c1ccccc1. The molecular formula is C19H22N2O. The van der Waals surface area contributed by atoms with Crippen molar-refractivity contribution in [2.75, 3.05) is 0 Å². The second-order valence-electron chi connectivity index (χ2n) is 6.03. The third kappa shape index (κ3) is 2.90. The molecule has 114 valence electrons. The van der Waals surface area contributed by atoms with E-state index in [0.29, 0.717) is 0 Å². The minimum atomic E-state index is -0.112. The third-order valence-corrected chi connectivity index (χ3v) is 4.46. The maximum absolute atomic E-state index is 12.4.